The fraction of sp³-hybridized carbons (Fsp3) is 0.500. The minimum atomic E-state index is -0.156. The van der Waals surface area contributed by atoms with Crippen molar-refractivity contribution in [3.8, 4) is 0 Å². The Balaban J connectivity index is 1.94. The Bertz CT molecular complexity index is 298. The normalized spacial score (nSPS) is 26.5. The summed E-state index contributed by atoms with van der Waals surface area (Å²) in [5.41, 5.74) is 5.41. The van der Waals surface area contributed by atoms with E-state index in [1.165, 1.54) is 0 Å². The molecule has 0 amide bonds. The van der Waals surface area contributed by atoms with Crippen molar-refractivity contribution < 1.29 is 5.11 Å². The lowest BCUT2D eigenvalue weighted by Gasteiger charge is -2.32. The van der Waals surface area contributed by atoms with Crippen LogP contribution in [0, 0.1) is 0 Å². The summed E-state index contributed by atoms with van der Waals surface area (Å²) in [5.74, 6) is 0.995. The van der Waals surface area contributed by atoms with Gasteiger partial charge in [-0.1, -0.05) is 0 Å². The van der Waals surface area contributed by atoms with Crippen LogP contribution in [0.3, 0.4) is 0 Å². The second-order valence-corrected chi connectivity index (χ2v) is 3.27. The quantitative estimate of drug-likeness (QED) is 0.596. The van der Waals surface area contributed by atoms with Gasteiger partial charge in [-0.05, 0) is 18.9 Å². The third-order valence-electron chi connectivity index (χ3n) is 2.14. The lowest BCUT2D eigenvalue weighted by molar-refractivity contribution is 0.0835. The van der Waals surface area contributed by atoms with Gasteiger partial charge in [0.2, 0.25) is 5.95 Å². The lowest BCUT2D eigenvalue weighted by Crippen LogP contribution is -2.39. The Hall–Kier alpha value is -1.36. The van der Waals surface area contributed by atoms with E-state index in [4.69, 9.17) is 10.8 Å². The Morgan fingerprint density at radius 2 is 2.31 bits per heavy atom. The molecule has 70 valence electrons. The molecule has 4 N–H and O–H groups in total. The molecular formula is C8H12N4O. The van der Waals surface area contributed by atoms with Crippen molar-refractivity contribution in [3.05, 3.63) is 12.3 Å². The first-order valence-corrected chi connectivity index (χ1v) is 4.27. The lowest BCUT2D eigenvalue weighted by atomic mass is 9.89. The van der Waals surface area contributed by atoms with Crippen LogP contribution >= 0.6 is 0 Å². The van der Waals surface area contributed by atoms with Gasteiger partial charge < -0.3 is 16.2 Å². The Morgan fingerprint density at radius 3 is 2.92 bits per heavy atom. The fourth-order valence-electron chi connectivity index (χ4n) is 1.37. The highest BCUT2D eigenvalue weighted by Crippen LogP contribution is 2.22. The predicted octanol–water partition coefficient (Wildman–Crippen LogP) is -0.00600. The number of aliphatic hydroxyl groups excluding tert-OH is 1. The van der Waals surface area contributed by atoms with Crippen LogP contribution < -0.4 is 11.1 Å². The number of nitrogens with zero attached hydrogens (tertiary/aromatic N) is 2. The van der Waals surface area contributed by atoms with Gasteiger partial charge in [-0.15, -0.1) is 0 Å². The molecule has 1 aromatic rings. The number of nitrogens with two attached hydrogens (primary N) is 1. The highest BCUT2D eigenvalue weighted by molar-refractivity contribution is 5.38. The average Bonchev–Trinajstić information content (AvgIpc) is 2.01. The number of hydrogen-bond acceptors (Lipinski definition) is 5. The number of anilines is 2. The van der Waals surface area contributed by atoms with Gasteiger partial charge in [0.25, 0.3) is 0 Å². The molecule has 0 bridgehead atoms. The van der Waals surface area contributed by atoms with Crippen molar-refractivity contribution in [2.24, 2.45) is 0 Å². The average molecular weight is 180 g/mol. The van der Waals surface area contributed by atoms with E-state index in [1.54, 1.807) is 12.3 Å². The van der Waals surface area contributed by atoms with Gasteiger partial charge in [0.15, 0.2) is 0 Å². The monoisotopic (exact) mass is 180 g/mol. The van der Waals surface area contributed by atoms with Crippen LogP contribution in [-0.4, -0.2) is 27.2 Å². The molecule has 1 aliphatic rings. The second kappa shape index (κ2) is 3.18. The molecule has 1 aliphatic carbocycles. The molecule has 0 atom stereocenters. The summed E-state index contributed by atoms with van der Waals surface area (Å²) < 4.78 is 0. The van der Waals surface area contributed by atoms with Gasteiger partial charge in [-0.2, -0.15) is 4.98 Å². The van der Waals surface area contributed by atoms with Crippen molar-refractivity contribution in [2.75, 3.05) is 11.1 Å². The minimum absolute atomic E-state index is 0.156. The topological polar surface area (TPSA) is 84.1 Å². The molecule has 0 aromatic carbocycles. The fourth-order valence-corrected chi connectivity index (χ4v) is 1.37. The molecule has 0 unspecified atom stereocenters. The third-order valence-corrected chi connectivity index (χ3v) is 2.14. The zero-order chi connectivity index (χ0) is 9.26. The van der Waals surface area contributed by atoms with Gasteiger partial charge in [-0.3, -0.25) is 0 Å². The molecular weight excluding hydrogens is 168 g/mol. The summed E-state index contributed by atoms with van der Waals surface area (Å²) in [6.07, 6.45) is 3.02. The van der Waals surface area contributed by atoms with Crippen LogP contribution in [0.25, 0.3) is 0 Å². The molecule has 1 heterocycles. The number of nitrogens with one attached hydrogen (secondary N) is 1. The molecule has 2 rings (SSSR count). The maximum absolute atomic E-state index is 9.05. The van der Waals surface area contributed by atoms with E-state index in [2.05, 4.69) is 15.3 Å². The maximum Gasteiger partial charge on any atom is 0.221 e. The largest absolute Gasteiger partial charge is 0.393 e. The van der Waals surface area contributed by atoms with E-state index < -0.39 is 0 Å². The van der Waals surface area contributed by atoms with E-state index in [-0.39, 0.29) is 12.1 Å². The van der Waals surface area contributed by atoms with Crippen LogP contribution in [0.1, 0.15) is 12.8 Å². The van der Waals surface area contributed by atoms with Crippen molar-refractivity contribution in [2.45, 2.75) is 25.0 Å². The van der Waals surface area contributed by atoms with Crippen LogP contribution in [0.5, 0.6) is 0 Å². The third kappa shape index (κ3) is 1.86. The first-order chi connectivity index (χ1) is 6.24. The molecule has 0 radical (unpaired) electrons. The molecule has 1 aromatic heterocycles. The molecule has 1 saturated carbocycles. The highest BCUT2D eigenvalue weighted by Gasteiger charge is 2.26. The Kier molecular flexibility index (Phi) is 2.02. The summed E-state index contributed by atoms with van der Waals surface area (Å²) in [5, 5.41) is 12.2. The summed E-state index contributed by atoms with van der Waals surface area (Å²) >= 11 is 0. The number of hydrogen-bond donors (Lipinski definition) is 3. The van der Waals surface area contributed by atoms with Crippen LogP contribution in [-0.2, 0) is 0 Å². The van der Waals surface area contributed by atoms with Crippen molar-refractivity contribution in [1.29, 1.82) is 0 Å². The smallest absolute Gasteiger partial charge is 0.221 e. The van der Waals surface area contributed by atoms with Crippen LogP contribution in [0.4, 0.5) is 11.8 Å². The van der Waals surface area contributed by atoms with E-state index in [9.17, 15) is 0 Å². The summed E-state index contributed by atoms with van der Waals surface area (Å²) in [6.45, 7) is 0. The predicted molar refractivity (Wildman–Crippen MR) is 49.1 cm³/mol. The standard InChI is InChI=1S/C8H12N4O/c9-8-10-2-1-7(12-8)11-5-3-6(13)4-5/h1-2,5-6,13H,3-4H2,(H3,9,10,11,12)/t5-,6-. The van der Waals surface area contributed by atoms with Crippen LogP contribution in [0.2, 0.25) is 0 Å². The molecule has 0 saturated heterocycles. The second-order valence-electron chi connectivity index (χ2n) is 3.27. The Labute approximate surface area is 76.0 Å². The van der Waals surface area contributed by atoms with Gasteiger partial charge in [0.1, 0.15) is 5.82 Å². The molecule has 5 heteroatoms. The Morgan fingerprint density at radius 1 is 1.54 bits per heavy atom. The van der Waals surface area contributed by atoms with Crippen LogP contribution in [0.15, 0.2) is 12.3 Å². The van der Waals surface area contributed by atoms with Crippen molar-refractivity contribution >= 4 is 11.8 Å². The minimum Gasteiger partial charge on any atom is -0.393 e. The molecule has 0 aliphatic heterocycles. The van der Waals surface area contributed by atoms with E-state index in [0.717, 1.165) is 18.7 Å². The van der Waals surface area contributed by atoms with E-state index in [1.807, 2.05) is 0 Å². The van der Waals surface area contributed by atoms with Crippen molar-refractivity contribution in [1.82, 2.24) is 9.97 Å². The van der Waals surface area contributed by atoms with Gasteiger partial charge in [0, 0.05) is 12.2 Å². The first-order valence-electron chi connectivity index (χ1n) is 4.27. The molecule has 0 spiro atoms. The highest BCUT2D eigenvalue weighted by atomic mass is 16.3. The molecule has 1 fully saturated rings. The van der Waals surface area contributed by atoms with Crippen molar-refractivity contribution in [3.63, 3.8) is 0 Å². The SMILES string of the molecule is Nc1nccc(N[C@H]2C[C@H](O)C2)n1. The number of nitrogen functional groups attached to an aromatic ring is 1. The summed E-state index contributed by atoms with van der Waals surface area (Å²) in [7, 11) is 0. The summed E-state index contributed by atoms with van der Waals surface area (Å²) in [6, 6.07) is 2.09. The maximum atomic E-state index is 9.05. The number of rotatable bonds is 2. The van der Waals surface area contributed by atoms with Gasteiger partial charge >= 0.3 is 0 Å². The zero-order valence-corrected chi connectivity index (χ0v) is 7.14. The van der Waals surface area contributed by atoms with Gasteiger partial charge in [0.05, 0.1) is 6.10 Å². The first kappa shape index (κ1) is 8.25. The zero-order valence-electron chi connectivity index (χ0n) is 7.14. The number of aromatic nitrogens is 2. The van der Waals surface area contributed by atoms with Gasteiger partial charge in [-0.25, -0.2) is 4.98 Å². The summed E-state index contributed by atoms with van der Waals surface area (Å²) in [4.78, 5) is 7.78. The molecule has 5 nitrogen and oxygen atoms in total. The van der Waals surface area contributed by atoms with E-state index >= 15 is 0 Å². The number of aliphatic hydroxyl groups is 1. The molecule has 13 heavy (non-hydrogen) atoms. The van der Waals surface area contributed by atoms with E-state index in [0.29, 0.717) is 6.04 Å².